The lowest BCUT2D eigenvalue weighted by Crippen LogP contribution is -2.55. The van der Waals surface area contributed by atoms with Crippen LogP contribution in [0.15, 0.2) is 54.6 Å². The van der Waals surface area contributed by atoms with Crippen molar-refractivity contribution in [3.63, 3.8) is 0 Å². The Labute approximate surface area is 165 Å². The number of rotatable bonds is 0. The third-order valence-corrected chi connectivity index (χ3v) is 8.72. The molecule has 27 heavy (non-hydrogen) atoms. The Morgan fingerprint density at radius 1 is 0.741 bits per heavy atom. The normalized spacial score (nSPS) is 35.0. The summed E-state index contributed by atoms with van der Waals surface area (Å²) in [6, 6.07) is 20.5. The molecule has 3 aromatic rings. The van der Waals surface area contributed by atoms with Crippen LogP contribution in [0.2, 0.25) is 5.02 Å². The van der Waals surface area contributed by atoms with Crippen molar-refractivity contribution in [2.24, 2.45) is 23.7 Å². The van der Waals surface area contributed by atoms with Crippen molar-refractivity contribution in [1.29, 1.82) is 0 Å². The maximum Gasteiger partial charge on any atom is 0.0412 e. The van der Waals surface area contributed by atoms with Gasteiger partial charge in [0, 0.05) is 10.4 Å². The van der Waals surface area contributed by atoms with Gasteiger partial charge in [0.15, 0.2) is 0 Å². The van der Waals surface area contributed by atoms with E-state index in [4.69, 9.17) is 11.6 Å². The zero-order valence-corrected chi connectivity index (χ0v) is 16.2. The second-order valence-corrected chi connectivity index (χ2v) is 10.0. The SMILES string of the molecule is Clc1ccc2c(c1)-c1ccc3ccccc3c1C21C2CC3CC(C2)CC1C3. The van der Waals surface area contributed by atoms with Gasteiger partial charge in [-0.05, 0) is 101 Å². The summed E-state index contributed by atoms with van der Waals surface area (Å²) in [5, 5.41) is 3.74. The molecule has 1 spiro atoms. The first-order valence-electron chi connectivity index (χ1n) is 10.6. The Hall–Kier alpha value is -1.79. The summed E-state index contributed by atoms with van der Waals surface area (Å²) in [6.45, 7) is 0. The van der Waals surface area contributed by atoms with Crippen LogP contribution in [0.1, 0.15) is 43.2 Å². The molecule has 5 aliphatic carbocycles. The number of halogens is 1. The van der Waals surface area contributed by atoms with E-state index in [-0.39, 0.29) is 5.41 Å². The fourth-order valence-corrected chi connectivity index (χ4v) is 8.12. The van der Waals surface area contributed by atoms with E-state index in [9.17, 15) is 0 Å². The zero-order chi connectivity index (χ0) is 17.8. The molecule has 0 aliphatic heterocycles. The fraction of sp³-hybridized carbons (Fsp3) is 0.385. The van der Waals surface area contributed by atoms with Gasteiger partial charge in [-0.2, -0.15) is 0 Å². The van der Waals surface area contributed by atoms with Crippen LogP contribution in [0.4, 0.5) is 0 Å². The number of hydrogen-bond acceptors (Lipinski definition) is 0. The molecule has 0 aromatic heterocycles. The van der Waals surface area contributed by atoms with Crippen LogP contribution in [0.25, 0.3) is 21.9 Å². The minimum Gasteiger partial charge on any atom is -0.0843 e. The van der Waals surface area contributed by atoms with Gasteiger partial charge < -0.3 is 0 Å². The first-order valence-corrected chi connectivity index (χ1v) is 11.0. The van der Waals surface area contributed by atoms with Crippen molar-refractivity contribution in [3.05, 3.63) is 70.7 Å². The van der Waals surface area contributed by atoms with Crippen LogP contribution >= 0.6 is 11.6 Å². The van der Waals surface area contributed by atoms with Gasteiger partial charge in [0.1, 0.15) is 0 Å². The molecule has 0 saturated heterocycles. The Bertz CT molecular complexity index is 1080. The van der Waals surface area contributed by atoms with Gasteiger partial charge in [0.2, 0.25) is 0 Å². The second kappa shape index (κ2) is 4.97. The van der Waals surface area contributed by atoms with Gasteiger partial charge in [-0.3, -0.25) is 0 Å². The molecule has 4 fully saturated rings. The number of hydrogen-bond donors (Lipinski definition) is 0. The van der Waals surface area contributed by atoms with E-state index >= 15 is 0 Å². The summed E-state index contributed by atoms with van der Waals surface area (Å²) in [6.07, 6.45) is 7.21. The molecule has 4 saturated carbocycles. The van der Waals surface area contributed by atoms with Gasteiger partial charge in [0.05, 0.1) is 0 Å². The summed E-state index contributed by atoms with van der Waals surface area (Å²) >= 11 is 6.49. The topological polar surface area (TPSA) is 0 Å². The number of fused-ring (bicyclic) bond motifs is 5. The highest BCUT2D eigenvalue weighted by Gasteiger charge is 2.61. The largest absolute Gasteiger partial charge is 0.0843 e. The first kappa shape index (κ1) is 15.2. The van der Waals surface area contributed by atoms with Crippen LogP contribution in [0.5, 0.6) is 0 Å². The van der Waals surface area contributed by atoms with E-state index in [0.717, 1.165) is 28.7 Å². The fourth-order valence-electron chi connectivity index (χ4n) is 7.95. The monoisotopic (exact) mass is 370 g/mol. The summed E-state index contributed by atoms with van der Waals surface area (Å²) in [4.78, 5) is 0. The highest BCUT2D eigenvalue weighted by molar-refractivity contribution is 6.31. The molecule has 0 heterocycles. The van der Waals surface area contributed by atoms with E-state index in [1.54, 1.807) is 11.1 Å². The molecule has 0 nitrogen and oxygen atoms in total. The zero-order valence-electron chi connectivity index (χ0n) is 15.4. The van der Waals surface area contributed by atoms with E-state index in [2.05, 4.69) is 54.6 Å². The second-order valence-electron chi connectivity index (χ2n) is 9.57. The molecule has 4 bridgehead atoms. The molecule has 8 rings (SSSR count). The van der Waals surface area contributed by atoms with Gasteiger partial charge in [-0.1, -0.05) is 54.1 Å². The van der Waals surface area contributed by atoms with Gasteiger partial charge in [-0.25, -0.2) is 0 Å². The van der Waals surface area contributed by atoms with Gasteiger partial charge in [-0.15, -0.1) is 0 Å². The molecule has 134 valence electrons. The maximum absolute atomic E-state index is 6.49. The summed E-state index contributed by atoms with van der Waals surface area (Å²) in [7, 11) is 0. The summed E-state index contributed by atoms with van der Waals surface area (Å²) < 4.78 is 0. The maximum atomic E-state index is 6.49. The van der Waals surface area contributed by atoms with Gasteiger partial charge >= 0.3 is 0 Å². The Balaban J connectivity index is 1.63. The third kappa shape index (κ3) is 1.72. The molecule has 1 heteroatoms. The van der Waals surface area contributed by atoms with Crippen molar-refractivity contribution < 1.29 is 0 Å². The van der Waals surface area contributed by atoms with Crippen LogP contribution in [0, 0.1) is 23.7 Å². The van der Waals surface area contributed by atoms with E-state index < -0.39 is 0 Å². The third-order valence-electron chi connectivity index (χ3n) is 8.49. The minimum absolute atomic E-state index is 0.226. The van der Waals surface area contributed by atoms with Crippen molar-refractivity contribution in [1.82, 2.24) is 0 Å². The van der Waals surface area contributed by atoms with Crippen molar-refractivity contribution in [2.75, 3.05) is 0 Å². The predicted octanol–water partition coefficient (Wildman–Crippen LogP) is 7.22. The van der Waals surface area contributed by atoms with Crippen LogP contribution in [0.3, 0.4) is 0 Å². The van der Waals surface area contributed by atoms with Crippen LogP contribution in [-0.2, 0) is 5.41 Å². The standard InChI is InChI=1S/C26H23Cl/c27-20-6-8-24-23(14-20)22-7-5-17-3-1-2-4-21(17)25(22)26(24)18-10-15-9-16(12-18)13-19(26)11-15/h1-8,14-16,18-19H,9-13H2. The quantitative estimate of drug-likeness (QED) is 0.392. The molecule has 0 atom stereocenters. The van der Waals surface area contributed by atoms with Gasteiger partial charge in [0.25, 0.3) is 0 Å². The first-order chi connectivity index (χ1) is 13.2. The lowest BCUT2D eigenvalue weighted by atomic mass is 9.43. The minimum atomic E-state index is 0.226. The molecule has 0 unspecified atom stereocenters. The van der Waals surface area contributed by atoms with E-state index in [0.29, 0.717) is 0 Å². The Morgan fingerprint density at radius 3 is 2.26 bits per heavy atom. The predicted molar refractivity (Wildman–Crippen MR) is 112 cm³/mol. The number of benzene rings is 3. The lowest BCUT2D eigenvalue weighted by molar-refractivity contribution is -0.0393. The Kier molecular flexibility index (Phi) is 2.79. The molecule has 3 aromatic carbocycles. The van der Waals surface area contributed by atoms with E-state index in [1.807, 2.05) is 0 Å². The molecule has 5 aliphatic rings. The average molecular weight is 371 g/mol. The highest BCUT2D eigenvalue weighted by Crippen LogP contribution is 2.70. The Morgan fingerprint density at radius 2 is 1.48 bits per heavy atom. The van der Waals surface area contributed by atoms with Crippen molar-refractivity contribution in [3.8, 4) is 11.1 Å². The van der Waals surface area contributed by atoms with Crippen molar-refractivity contribution in [2.45, 2.75) is 37.5 Å². The highest BCUT2D eigenvalue weighted by atomic mass is 35.5. The molecule has 0 N–H and O–H groups in total. The molecule has 0 radical (unpaired) electrons. The molecular weight excluding hydrogens is 348 g/mol. The van der Waals surface area contributed by atoms with E-state index in [1.165, 1.54) is 54.0 Å². The van der Waals surface area contributed by atoms with Crippen LogP contribution in [-0.4, -0.2) is 0 Å². The lowest BCUT2D eigenvalue weighted by Gasteiger charge is -2.61. The average Bonchev–Trinajstić information content (AvgIpc) is 2.96. The molecular formula is C26H23Cl. The van der Waals surface area contributed by atoms with Crippen LogP contribution < -0.4 is 0 Å². The summed E-state index contributed by atoms with van der Waals surface area (Å²) in [5.41, 5.74) is 6.33. The summed E-state index contributed by atoms with van der Waals surface area (Å²) in [5.74, 6) is 3.57. The van der Waals surface area contributed by atoms with Crippen molar-refractivity contribution >= 4 is 22.4 Å². The molecule has 0 amide bonds. The smallest absolute Gasteiger partial charge is 0.0412 e.